The molecule has 192 valence electrons. The van der Waals surface area contributed by atoms with Gasteiger partial charge in [-0.1, -0.05) is 66.7 Å². The molecule has 4 aliphatic heterocycles. The fourth-order valence-corrected chi connectivity index (χ4v) is 8.18. The lowest BCUT2D eigenvalue weighted by molar-refractivity contribution is -0.144. The van der Waals surface area contributed by atoms with Gasteiger partial charge in [-0.05, 0) is 67.6 Å². The van der Waals surface area contributed by atoms with Crippen LogP contribution in [0.1, 0.15) is 46.6 Å². The van der Waals surface area contributed by atoms with E-state index in [1.165, 1.54) is 11.1 Å². The molecule has 0 aromatic heterocycles. The normalized spacial score (nSPS) is 31.3. The number of hydrogen-bond donors (Lipinski definition) is 2. The summed E-state index contributed by atoms with van der Waals surface area (Å²) in [6.07, 6.45) is 4.05. The molecule has 1 unspecified atom stereocenters. The smallest absolute Gasteiger partial charge is 0.250 e. The first-order valence-electron chi connectivity index (χ1n) is 13.7. The van der Waals surface area contributed by atoms with Gasteiger partial charge in [0.25, 0.3) is 5.91 Å². The highest BCUT2D eigenvalue weighted by Gasteiger charge is 2.78. The Kier molecular flexibility index (Phi) is 5.26. The molecular formula is C33H33N3O2. The quantitative estimate of drug-likeness (QED) is 0.486. The van der Waals surface area contributed by atoms with E-state index >= 15 is 4.79 Å². The molecule has 3 fully saturated rings. The van der Waals surface area contributed by atoms with Crippen LogP contribution in [0.5, 0.6) is 0 Å². The Bertz CT molecular complexity index is 1510. The molecule has 38 heavy (non-hydrogen) atoms. The monoisotopic (exact) mass is 503 g/mol. The number of para-hydroxylation sites is 1. The van der Waals surface area contributed by atoms with E-state index in [9.17, 15) is 4.79 Å². The number of hydrogen-bond acceptors (Lipinski definition) is 4. The molecule has 1 amide bonds. The topological polar surface area (TPSA) is 61.4 Å². The SMILES string of the molecule is Cc1ccccc1/C=C1\CNC[C@@]2(C1=O)[C@@H](c1ccccc1C)C1CCCN1[C@]21C(=O)Nc2ccccc21. The number of rotatable bonds is 2. The van der Waals surface area contributed by atoms with Crippen LogP contribution in [0.4, 0.5) is 5.69 Å². The molecule has 0 saturated carbocycles. The highest BCUT2D eigenvalue weighted by atomic mass is 16.2. The maximum atomic E-state index is 15.2. The van der Waals surface area contributed by atoms with Crippen LogP contribution in [0.2, 0.25) is 0 Å². The molecule has 2 N–H and O–H groups in total. The Morgan fingerprint density at radius 1 is 0.921 bits per heavy atom. The Hall–Kier alpha value is -3.54. The van der Waals surface area contributed by atoms with Gasteiger partial charge >= 0.3 is 0 Å². The number of nitrogens with one attached hydrogen (secondary N) is 2. The first-order valence-corrected chi connectivity index (χ1v) is 13.7. The molecule has 4 atom stereocenters. The zero-order chi connectivity index (χ0) is 26.1. The highest BCUT2D eigenvalue weighted by Crippen LogP contribution is 2.68. The zero-order valence-corrected chi connectivity index (χ0v) is 22.0. The highest BCUT2D eigenvalue weighted by molar-refractivity contribution is 6.16. The summed E-state index contributed by atoms with van der Waals surface area (Å²) in [7, 11) is 0. The first-order chi connectivity index (χ1) is 18.5. The number of carbonyl (C=O) groups excluding carboxylic acids is 2. The van der Waals surface area contributed by atoms with Gasteiger partial charge in [0.15, 0.2) is 5.78 Å². The summed E-state index contributed by atoms with van der Waals surface area (Å²) in [6.45, 7) is 5.98. The lowest BCUT2D eigenvalue weighted by Gasteiger charge is -2.49. The van der Waals surface area contributed by atoms with Crippen LogP contribution in [0, 0.1) is 19.3 Å². The van der Waals surface area contributed by atoms with Crippen LogP contribution in [-0.4, -0.2) is 42.3 Å². The van der Waals surface area contributed by atoms with Gasteiger partial charge in [0.2, 0.25) is 0 Å². The van der Waals surface area contributed by atoms with E-state index < -0.39 is 11.0 Å². The second-order valence-corrected chi connectivity index (χ2v) is 11.4. The summed E-state index contributed by atoms with van der Waals surface area (Å²) in [6, 6.07) is 24.8. The Morgan fingerprint density at radius 3 is 2.47 bits per heavy atom. The predicted octanol–water partition coefficient (Wildman–Crippen LogP) is 4.95. The second-order valence-electron chi connectivity index (χ2n) is 11.4. The molecule has 0 bridgehead atoms. The van der Waals surface area contributed by atoms with Crippen LogP contribution in [0.25, 0.3) is 6.08 Å². The molecular weight excluding hydrogens is 470 g/mol. The van der Waals surface area contributed by atoms with Crippen molar-refractivity contribution >= 4 is 23.5 Å². The minimum absolute atomic E-state index is 0.0611. The maximum absolute atomic E-state index is 15.2. The number of nitrogens with zero attached hydrogens (tertiary/aromatic N) is 1. The number of aryl methyl sites for hydroxylation is 2. The Morgan fingerprint density at radius 2 is 1.66 bits per heavy atom. The van der Waals surface area contributed by atoms with Crippen LogP contribution < -0.4 is 10.6 Å². The molecule has 4 heterocycles. The van der Waals surface area contributed by atoms with Crippen molar-refractivity contribution in [2.45, 2.75) is 44.2 Å². The van der Waals surface area contributed by atoms with Crippen molar-refractivity contribution in [3.63, 3.8) is 0 Å². The summed E-state index contributed by atoms with van der Waals surface area (Å²) in [4.78, 5) is 32.0. The van der Waals surface area contributed by atoms with Gasteiger partial charge in [-0.15, -0.1) is 0 Å². The molecule has 0 aliphatic carbocycles. The lowest BCUT2D eigenvalue weighted by atomic mass is 9.55. The van der Waals surface area contributed by atoms with Crippen LogP contribution in [0.15, 0.2) is 78.4 Å². The standard InChI is InChI=1S/C33H33N3O2/c1-21-10-3-5-12-23(21)18-24-19-34-20-32(30(24)37)29(25-13-6-4-11-22(25)2)28-16-9-17-36(28)33(32)26-14-7-8-15-27(26)35-31(33)38/h3-8,10-15,18,28-29,34H,9,16-17,19-20H2,1-2H3,(H,35,38)/b24-18+/t28?,29-,32-,33+/m0/s1. The summed E-state index contributed by atoms with van der Waals surface area (Å²) < 4.78 is 0. The van der Waals surface area contributed by atoms with Crippen molar-refractivity contribution in [2.24, 2.45) is 5.41 Å². The summed E-state index contributed by atoms with van der Waals surface area (Å²) in [5.74, 6) is -0.0633. The van der Waals surface area contributed by atoms with Crippen molar-refractivity contribution in [3.05, 3.63) is 106 Å². The average Bonchev–Trinajstić information content (AvgIpc) is 3.57. The third kappa shape index (κ3) is 2.89. The number of fused-ring (bicyclic) bond motifs is 5. The number of benzene rings is 3. The van der Waals surface area contributed by atoms with E-state index in [-0.39, 0.29) is 23.7 Å². The van der Waals surface area contributed by atoms with E-state index in [1.807, 2.05) is 30.3 Å². The lowest BCUT2D eigenvalue weighted by Crippen LogP contribution is -2.65. The fourth-order valence-electron chi connectivity index (χ4n) is 8.18. The van der Waals surface area contributed by atoms with Crippen molar-refractivity contribution in [2.75, 3.05) is 25.0 Å². The van der Waals surface area contributed by atoms with Crippen molar-refractivity contribution in [1.29, 1.82) is 0 Å². The second kappa shape index (κ2) is 8.48. The van der Waals surface area contributed by atoms with Gasteiger partial charge in [-0.25, -0.2) is 0 Å². The number of anilines is 1. The number of piperidine rings is 1. The summed E-state index contributed by atoms with van der Waals surface area (Å²) in [5.41, 5.74) is 5.03. The molecule has 5 heteroatoms. The summed E-state index contributed by atoms with van der Waals surface area (Å²) in [5, 5.41) is 6.87. The van der Waals surface area contributed by atoms with Crippen molar-refractivity contribution in [1.82, 2.24) is 10.2 Å². The molecule has 4 aliphatic rings. The fraction of sp³-hybridized carbons (Fsp3) is 0.333. The number of amides is 1. The maximum Gasteiger partial charge on any atom is 0.250 e. The predicted molar refractivity (Wildman–Crippen MR) is 150 cm³/mol. The molecule has 3 saturated heterocycles. The molecule has 0 radical (unpaired) electrons. The van der Waals surface area contributed by atoms with Gasteiger partial charge in [0, 0.05) is 41.9 Å². The third-order valence-corrected chi connectivity index (χ3v) is 9.64. The molecule has 5 nitrogen and oxygen atoms in total. The van der Waals surface area contributed by atoms with Gasteiger partial charge in [0.05, 0.1) is 5.41 Å². The van der Waals surface area contributed by atoms with Gasteiger partial charge in [-0.2, -0.15) is 0 Å². The summed E-state index contributed by atoms with van der Waals surface area (Å²) >= 11 is 0. The molecule has 7 rings (SSSR count). The number of ketones is 1. The van der Waals surface area contributed by atoms with Crippen LogP contribution in [0.3, 0.4) is 0 Å². The number of Topliss-reactive ketones (excluding diaryl/α,β-unsaturated/α-hetero) is 1. The van der Waals surface area contributed by atoms with E-state index in [0.717, 1.165) is 47.3 Å². The molecule has 3 aromatic rings. The number of carbonyl (C=O) groups is 2. The van der Waals surface area contributed by atoms with Crippen molar-refractivity contribution in [3.8, 4) is 0 Å². The van der Waals surface area contributed by atoms with Gasteiger partial charge in [-0.3, -0.25) is 14.5 Å². The van der Waals surface area contributed by atoms with E-state index in [4.69, 9.17) is 0 Å². The van der Waals surface area contributed by atoms with Crippen LogP contribution in [-0.2, 0) is 15.1 Å². The Balaban J connectivity index is 1.53. The molecule has 3 aromatic carbocycles. The first kappa shape index (κ1) is 23.6. The largest absolute Gasteiger partial charge is 0.324 e. The molecule has 2 spiro atoms. The van der Waals surface area contributed by atoms with Gasteiger partial charge in [0.1, 0.15) is 5.54 Å². The van der Waals surface area contributed by atoms with Gasteiger partial charge < -0.3 is 10.6 Å². The third-order valence-electron chi connectivity index (χ3n) is 9.64. The van der Waals surface area contributed by atoms with E-state index in [1.54, 1.807) is 0 Å². The minimum Gasteiger partial charge on any atom is -0.324 e. The van der Waals surface area contributed by atoms with Crippen LogP contribution >= 0.6 is 0 Å². The Labute approximate surface area is 223 Å². The average molecular weight is 504 g/mol. The minimum atomic E-state index is -1.06. The van der Waals surface area contributed by atoms with E-state index in [0.29, 0.717) is 13.1 Å². The zero-order valence-electron chi connectivity index (χ0n) is 22.0. The van der Waals surface area contributed by atoms with E-state index in [2.05, 4.69) is 77.9 Å². The van der Waals surface area contributed by atoms with Crippen molar-refractivity contribution < 1.29 is 9.59 Å².